The number of nitrogens with two attached hydrogens (primary N) is 1. The Morgan fingerprint density at radius 2 is 2.40 bits per heavy atom. The Morgan fingerprint density at radius 1 is 1.70 bits per heavy atom. The van der Waals surface area contributed by atoms with Crippen molar-refractivity contribution < 1.29 is 19.4 Å². The summed E-state index contributed by atoms with van der Waals surface area (Å²) >= 11 is 3.31. The molecule has 2 heterocycles. The maximum atomic E-state index is 11.8. The smallest absolute Gasteiger partial charge is 0.351 e. The van der Waals surface area contributed by atoms with E-state index in [0.29, 0.717) is 0 Å². The first-order valence-corrected chi connectivity index (χ1v) is 6.78. The lowest BCUT2D eigenvalue weighted by Gasteiger charge is -2.21. The number of anilines is 1. The largest absolute Gasteiger partial charge is 0.456 e. The fourth-order valence-corrected chi connectivity index (χ4v) is 2.66. The summed E-state index contributed by atoms with van der Waals surface area (Å²) in [5.41, 5.74) is 4.80. The number of ether oxygens (including phenoxy) is 2. The van der Waals surface area contributed by atoms with Gasteiger partial charge < -0.3 is 20.3 Å². The highest BCUT2D eigenvalue weighted by Crippen LogP contribution is 2.35. The van der Waals surface area contributed by atoms with E-state index in [1.165, 1.54) is 23.8 Å². The molecule has 0 bridgehead atoms. The molecule has 0 spiro atoms. The summed E-state index contributed by atoms with van der Waals surface area (Å²) in [6.07, 6.45) is -0.826. The van der Waals surface area contributed by atoms with Crippen LogP contribution in [0.15, 0.2) is 17.1 Å². The van der Waals surface area contributed by atoms with Crippen molar-refractivity contribution in [1.29, 1.82) is 0 Å². The predicted octanol–water partition coefficient (Wildman–Crippen LogP) is -0.590. The maximum Gasteiger partial charge on any atom is 0.351 e. The minimum atomic E-state index is -0.874. The van der Waals surface area contributed by atoms with Crippen molar-refractivity contribution in [3.05, 3.63) is 22.7 Å². The molecule has 2 rings (SSSR count). The van der Waals surface area contributed by atoms with Gasteiger partial charge in [0.1, 0.15) is 5.82 Å². The highest BCUT2D eigenvalue weighted by molar-refractivity contribution is 9.09. The monoisotopic (exact) mass is 347 g/mol. The molecule has 0 amide bonds. The first kappa shape index (κ1) is 14.9. The Labute approximate surface area is 122 Å². The summed E-state index contributed by atoms with van der Waals surface area (Å²) in [4.78, 5) is 26.2. The molecular formula is C11H14BrN3O5. The first-order chi connectivity index (χ1) is 9.43. The van der Waals surface area contributed by atoms with Gasteiger partial charge in [-0.3, -0.25) is 9.36 Å². The number of carbonyl (C=O) groups is 1. The minimum absolute atomic E-state index is 0.0855. The van der Waals surface area contributed by atoms with Crippen LogP contribution >= 0.6 is 15.9 Å². The van der Waals surface area contributed by atoms with Gasteiger partial charge in [0.15, 0.2) is 12.3 Å². The molecule has 0 unspecified atom stereocenters. The maximum absolute atomic E-state index is 11.8. The van der Waals surface area contributed by atoms with E-state index in [1.807, 2.05) is 0 Å². The number of alkyl halides is 1. The number of rotatable bonds is 3. The average Bonchev–Trinajstić information content (AvgIpc) is 2.66. The standard InChI is InChI=1S/C11H14BrN3O5/c1-5(17)19-9-8(12)6(4-16)20-10(9)15-3-2-7(13)14-11(15)18/h2-3,6,8-10,16H,4H2,1H3,(H2,13,14,18)/t6-,8-,9-,10-/m1/s1. The van der Waals surface area contributed by atoms with Gasteiger partial charge in [-0.2, -0.15) is 4.98 Å². The van der Waals surface area contributed by atoms with Crippen molar-refractivity contribution in [2.45, 2.75) is 30.2 Å². The summed E-state index contributed by atoms with van der Waals surface area (Å²) in [6, 6.07) is 1.44. The number of aliphatic hydroxyl groups excluding tert-OH is 1. The van der Waals surface area contributed by atoms with Crippen LogP contribution in [0.2, 0.25) is 0 Å². The van der Waals surface area contributed by atoms with Gasteiger partial charge in [0.2, 0.25) is 0 Å². The molecule has 20 heavy (non-hydrogen) atoms. The summed E-state index contributed by atoms with van der Waals surface area (Å²) in [7, 11) is 0. The molecule has 1 aromatic rings. The van der Waals surface area contributed by atoms with Crippen LogP contribution in [0.25, 0.3) is 0 Å². The van der Waals surface area contributed by atoms with E-state index >= 15 is 0 Å². The molecule has 110 valence electrons. The van der Waals surface area contributed by atoms with Crippen LogP contribution in [-0.2, 0) is 14.3 Å². The van der Waals surface area contributed by atoms with Crippen LogP contribution in [0.1, 0.15) is 13.2 Å². The molecular weight excluding hydrogens is 334 g/mol. The fraction of sp³-hybridized carbons (Fsp3) is 0.545. The molecule has 0 radical (unpaired) electrons. The molecule has 3 N–H and O–H groups in total. The van der Waals surface area contributed by atoms with Crippen LogP contribution in [0.5, 0.6) is 0 Å². The quantitative estimate of drug-likeness (QED) is 0.554. The van der Waals surface area contributed by atoms with Gasteiger partial charge in [-0.25, -0.2) is 4.79 Å². The molecule has 0 saturated carbocycles. The number of nitrogen functional groups attached to an aromatic ring is 1. The van der Waals surface area contributed by atoms with E-state index in [1.54, 1.807) is 0 Å². The molecule has 1 aromatic heterocycles. The molecule has 1 saturated heterocycles. The van der Waals surface area contributed by atoms with Gasteiger partial charge in [0, 0.05) is 13.1 Å². The van der Waals surface area contributed by atoms with E-state index in [4.69, 9.17) is 15.2 Å². The van der Waals surface area contributed by atoms with Crippen molar-refractivity contribution in [3.8, 4) is 0 Å². The van der Waals surface area contributed by atoms with Crippen molar-refractivity contribution in [2.75, 3.05) is 12.3 Å². The normalized spacial score (nSPS) is 29.4. The zero-order valence-electron chi connectivity index (χ0n) is 10.6. The van der Waals surface area contributed by atoms with Crippen molar-refractivity contribution in [2.24, 2.45) is 0 Å². The van der Waals surface area contributed by atoms with Crippen molar-refractivity contribution in [1.82, 2.24) is 9.55 Å². The zero-order valence-corrected chi connectivity index (χ0v) is 12.2. The van der Waals surface area contributed by atoms with E-state index < -0.39 is 34.9 Å². The third-order valence-corrected chi connectivity index (χ3v) is 3.98. The summed E-state index contributed by atoms with van der Waals surface area (Å²) in [5, 5.41) is 9.25. The highest BCUT2D eigenvalue weighted by atomic mass is 79.9. The van der Waals surface area contributed by atoms with Crippen molar-refractivity contribution >= 4 is 27.7 Å². The number of esters is 1. The lowest BCUT2D eigenvalue weighted by Crippen LogP contribution is -2.36. The molecule has 1 aliphatic rings. The van der Waals surface area contributed by atoms with Gasteiger partial charge in [0.05, 0.1) is 17.5 Å². The molecule has 4 atom stereocenters. The summed E-state index contributed by atoms with van der Waals surface area (Å²) in [6.45, 7) is 0.981. The molecule has 0 aliphatic carbocycles. The zero-order chi connectivity index (χ0) is 14.9. The van der Waals surface area contributed by atoms with Gasteiger partial charge in [-0.05, 0) is 6.07 Å². The molecule has 1 fully saturated rings. The number of hydrogen-bond acceptors (Lipinski definition) is 7. The number of nitrogens with zero attached hydrogens (tertiary/aromatic N) is 2. The van der Waals surface area contributed by atoms with Crippen LogP contribution in [0.4, 0.5) is 5.82 Å². The summed E-state index contributed by atoms with van der Waals surface area (Å²) in [5.74, 6) is -0.425. The van der Waals surface area contributed by atoms with Crippen LogP contribution in [-0.4, -0.2) is 44.3 Å². The fourth-order valence-electron chi connectivity index (χ4n) is 2.00. The second-order valence-corrected chi connectivity index (χ2v) is 5.37. The molecule has 1 aliphatic heterocycles. The van der Waals surface area contributed by atoms with Crippen molar-refractivity contribution in [3.63, 3.8) is 0 Å². The summed E-state index contributed by atoms with van der Waals surface area (Å²) < 4.78 is 11.9. The van der Waals surface area contributed by atoms with E-state index in [9.17, 15) is 14.7 Å². The lowest BCUT2D eigenvalue weighted by molar-refractivity contribution is -0.152. The average molecular weight is 348 g/mol. The Morgan fingerprint density at radius 3 is 2.95 bits per heavy atom. The topological polar surface area (TPSA) is 117 Å². The number of halogens is 1. The first-order valence-electron chi connectivity index (χ1n) is 5.86. The van der Waals surface area contributed by atoms with Gasteiger partial charge in [-0.15, -0.1) is 0 Å². The third kappa shape index (κ3) is 2.84. The van der Waals surface area contributed by atoms with E-state index in [2.05, 4.69) is 20.9 Å². The second-order valence-electron chi connectivity index (χ2n) is 4.31. The Balaban J connectivity index is 2.36. The van der Waals surface area contributed by atoms with E-state index in [0.717, 1.165) is 0 Å². The lowest BCUT2D eigenvalue weighted by atomic mass is 10.2. The molecule has 0 aromatic carbocycles. The highest BCUT2D eigenvalue weighted by Gasteiger charge is 2.46. The van der Waals surface area contributed by atoms with Gasteiger partial charge in [0.25, 0.3) is 0 Å². The molecule has 9 heteroatoms. The SMILES string of the molecule is CC(=O)O[C@@H]1[C@H](Br)[C@@H](CO)O[C@H]1n1ccc(N)nc1=O. The van der Waals surface area contributed by atoms with Gasteiger partial charge >= 0.3 is 11.7 Å². The number of hydrogen-bond donors (Lipinski definition) is 2. The Kier molecular flexibility index (Phi) is 4.41. The van der Waals surface area contributed by atoms with Crippen LogP contribution in [0, 0.1) is 0 Å². The van der Waals surface area contributed by atoms with Gasteiger partial charge in [-0.1, -0.05) is 15.9 Å². The minimum Gasteiger partial charge on any atom is -0.456 e. The third-order valence-electron chi connectivity index (χ3n) is 2.87. The number of carbonyl (C=O) groups excluding carboxylic acids is 1. The Hall–Kier alpha value is -1.45. The van der Waals surface area contributed by atoms with Crippen LogP contribution in [0.3, 0.4) is 0 Å². The van der Waals surface area contributed by atoms with Crippen LogP contribution < -0.4 is 11.4 Å². The number of aliphatic hydroxyl groups is 1. The number of aromatic nitrogens is 2. The van der Waals surface area contributed by atoms with E-state index in [-0.39, 0.29) is 12.4 Å². The Bertz CT molecular complexity index is 563. The predicted molar refractivity (Wildman–Crippen MR) is 72.2 cm³/mol. The molecule has 8 nitrogen and oxygen atoms in total. The second kappa shape index (κ2) is 5.90.